The fourth-order valence-electron chi connectivity index (χ4n) is 4.77. The lowest BCUT2D eigenvalue weighted by Crippen LogP contribution is -2.55. The highest BCUT2D eigenvalue weighted by Gasteiger charge is 2.29. The quantitative estimate of drug-likeness (QED) is 0.0756. The first-order valence-electron chi connectivity index (χ1n) is 16.1. The molecule has 3 amide bonds. The van der Waals surface area contributed by atoms with Crippen molar-refractivity contribution in [3.8, 4) is 5.75 Å². The molecule has 12 nitrogen and oxygen atoms in total. The summed E-state index contributed by atoms with van der Waals surface area (Å²) in [5.74, 6) is -2.55. The Morgan fingerprint density at radius 3 is 2.15 bits per heavy atom. The Balaban J connectivity index is 2.27. The van der Waals surface area contributed by atoms with E-state index in [0.29, 0.717) is 12.2 Å². The van der Waals surface area contributed by atoms with Crippen molar-refractivity contribution < 1.29 is 29.0 Å². The molecule has 2 atom stereocenters. The summed E-state index contributed by atoms with van der Waals surface area (Å²) in [5.41, 5.74) is 13.5. The molecule has 0 aromatic heterocycles. The molecule has 0 saturated carbocycles. The molecule has 0 aliphatic carbocycles. The van der Waals surface area contributed by atoms with Gasteiger partial charge in [0.05, 0.1) is 0 Å². The molecule has 0 unspecified atom stereocenters. The highest BCUT2D eigenvalue weighted by Crippen LogP contribution is 2.38. The van der Waals surface area contributed by atoms with Gasteiger partial charge in [-0.2, -0.15) is 0 Å². The number of aliphatic carboxylic acids is 1. The molecule has 12 heteroatoms. The van der Waals surface area contributed by atoms with E-state index < -0.39 is 42.3 Å². The first kappa shape index (κ1) is 38.6. The second-order valence-electron chi connectivity index (χ2n) is 12.9. The van der Waals surface area contributed by atoms with E-state index in [1.165, 1.54) is 5.56 Å². The lowest BCUT2D eigenvalue weighted by atomic mass is 9.76. The summed E-state index contributed by atoms with van der Waals surface area (Å²) in [7, 11) is 0. The predicted octanol–water partition coefficient (Wildman–Crippen LogP) is 2.91. The number of guanidine groups is 1. The van der Waals surface area contributed by atoms with Crippen LogP contribution in [0.2, 0.25) is 0 Å². The fourth-order valence-corrected chi connectivity index (χ4v) is 4.77. The minimum Gasteiger partial charge on any atom is -0.483 e. The number of rotatable bonds is 19. The molecule has 0 radical (unpaired) electrons. The van der Waals surface area contributed by atoms with Gasteiger partial charge in [-0.05, 0) is 53.7 Å². The molecule has 0 spiro atoms. The van der Waals surface area contributed by atoms with Gasteiger partial charge in [-0.25, -0.2) is 0 Å². The van der Waals surface area contributed by atoms with E-state index in [4.69, 9.17) is 21.3 Å². The van der Waals surface area contributed by atoms with E-state index in [1.807, 2.05) is 42.5 Å². The van der Waals surface area contributed by atoms with Gasteiger partial charge in [0.25, 0.3) is 5.91 Å². The van der Waals surface area contributed by atoms with Crippen molar-refractivity contribution in [3.05, 3.63) is 65.2 Å². The monoisotopic (exact) mass is 652 g/mol. The number of carboxylic acids is 1. The number of nitrogens with one attached hydrogen (secondary N) is 3. The average Bonchev–Trinajstić information content (AvgIpc) is 3.03. The Kier molecular flexibility index (Phi) is 14.7. The van der Waals surface area contributed by atoms with Crippen LogP contribution in [0.3, 0.4) is 0 Å². The van der Waals surface area contributed by atoms with Crippen LogP contribution < -0.4 is 32.2 Å². The van der Waals surface area contributed by atoms with Crippen LogP contribution in [0.4, 0.5) is 0 Å². The predicted molar refractivity (Wildman–Crippen MR) is 183 cm³/mol. The van der Waals surface area contributed by atoms with Crippen LogP contribution in [0, 0.1) is 0 Å². The van der Waals surface area contributed by atoms with Crippen molar-refractivity contribution in [2.45, 2.75) is 96.6 Å². The van der Waals surface area contributed by atoms with Crippen molar-refractivity contribution in [2.24, 2.45) is 16.5 Å². The third kappa shape index (κ3) is 12.6. The summed E-state index contributed by atoms with van der Waals surface area (Å²) in [5, 5.41) is 16.8. The Hall–Kier alpha value is -4.61. The number of hydrogen-bond donors (Lipinski definition) is 6. The van der Waals surface area contributed by atoms with Gasteiger partial charge in [0.15, 0.2) is 12.6 Å². The zero-order chi connectivity index (χ0) is 35.2. The lowest BCUT2D eigenvalue weighted by Gasteiger charge is -2.30. The molecule has 0 aliphatic rings. The van der Waals surface area contributed by atoms with Crippen LogP contribution in [0.25, 0.3) is 0 Å². The number of benzene rings is 2. The third-order valence-electron chi connectivity index (χ3n) is 8.54. The van der Waals surface area contributed by atoms with E-state index in [2.05, 4.69) is 68.6 Å². The molecule has 2 aromatic carbocycles. The topological polar surface area (TPSA) is 198 Å². The maximum Gasteiger partial charge on any atom is 0.322 e. The summed E-state index contributed by atoms with van der Waals surface area (Å²) in [6.07, 6.45) is 2.43. The van der Waals surface area contributed by atoms with E-state index >= 15 is 0 Å². The Morgan fingerprint density at radius 2 is 1.55 bits per heavy atom. The number of carboxylic acid groups (broad SMARTS) is 1. The summed E-state index contributed by atoms with van der Waals surface area (Å²) < 4.78 is 6.08. The first-order chi connectivity index (χ1) is 22.1. The fraction of sp³-hybridized carbons (Fsp3) is 0.514. The summed E-state index contributed by atoms with van der Waals surface area (Å²) in [6, 6.07) is 13.1. The Labute approximate surface area is 278 Å². The maximum atomic E-state index is 13.6. The second kappa shape index (κ2) is 17.9. The number of nitrogens with two attached hydrogens (primary N) is 2. The van der Waals surface area contributed by atoms with Crippen LogP contribution in [0.5, 0.6) is 5.75 Å². The molecule has 47 heavy (non-hydrogen) atoms. The van der Waals surface area contributed by atoms with Crippen LogP contribution in [0.1, 0.15) is 83.9 Å². The number of aliphatic imine (C=N–C) groups is 1. The van der Waals surface area contributed by atoms with Crippen molar-refractivity contribution in [1.29, 1.82) is 0 Å². The van der Waals surface area contributed by atoms with Gasteiger partial charge in [-0.3, -0.25) is 24.2 Å². The molecule has 2 aromatic rings. The minimum atomic E-state index is -1.23. The van der Waals surface area contributed by atoms with Gasteiger partial charge < -0.3 is 37.3 Å². The van der Waals surface area contributed by atoms with Gasteiger partial charge in [-0.15, -0.1) is 0 Å². The van der Waals surface area contributed by atoms with E-state index in [1.54, 1.807) is 0 Å². The normalized spacial score (nSPS) is 12.7. The smallest absolute Gasteiger partial charge is 0.322 e. The molecule has 0 heterocycles. The molecule has 258 valence electrons. The number of hydrogen-bond acceptors (Lipinski definition) is 6. The average molecular weight is 653 g/mol. The van der Waals surface area contributed by atoms with Crippen LogP contribution in [0.15, 0.2) is 53.5 Å². The molecule has 0 aliphatic heterocycles. The third-order valence-corrected chi connectivity index (χ3v) is 8.54. The van der Waals surface area contributed by atoms with Gasteiger partial charge in [-0.1, -0.05) is 84.0 Å². The summed E-state index contributed by atoms with van der Waals surface area (Å²) in [4.78, 5) is 54.7. The molecule has 2 rings (SSSR count). The van der Waals surface area contributed by atoms with E-state index in [9.17, 15) is 19.2 Å². The van der Waals surface area contributed by atoms with E-state index in [0.717, 1.165) is 24.0 Å². The van der Waals surface area contributed by atoms with Crippen molar-refractivity contribution in [3.63, 3.8) is 0 Å². The van der Waals surface area contributed by atoms with Crippen molar-refractivity contribution in [2.75, 3.05) is 19.7 Å². The molecule has 8 N–H and O–H groups in total. The number of ether oxygens (including phenoxy) is 1. The van der Waals surface area contributed by atoms with Gasteiger partial charge >= 0.3 is 5.97 Å². The van der Waals surface area contributed by atoms with Crippen LogP contribution >= 0.6 is 0 Å². The largest absolute Gasteiger partial charge is 0.483 e. The highest BCUT2D eigenvalue weighted by molar-refractivity contribution is 5.93. The second-order valence-corrected chi connectivity index (χ2v) is 12.9. The maximum absolute atomic E-state index is 13.6. The molecule has 0 fully saturated rings. The molecular formula is C35H52N6O6. The van der Waals surface area contributed by atoms with Crippen LogP contribution in [-0.2, 0) is 36.4 Å². The molecule has 0 bridgehead atoms. The Morgan fingerprint density at radius 1 is 0.894 bits per heavy atom. The standard InChI is InChI=1S/C35H52N6O6/c1-7-34(3,4)24-16-17-28(25(20-24)35(5,6)8-2)47-22-29(42)40-27(19-23-13-10-9-11-14-23)32(46)41-26(15-12-18-38-33(36)37)31(45)39-21-30(43)44/h9-11,13-14,16-17,20,26-27H,7-8,12,15,18-19,21-22H2,1-6H3,(H,39,45)(H,40,42)(H,41,46)(H,43,44)(H4,36,37,38)/t26-,27-/m0/s1. The van der Waals surface area contributed by atoms with Crippen molar-refractivity contribution in [1.82, 2.24) is 16.0 Å². The Bertz CT molecular complexity index is 1390. The highest BCUT2D eigenvalue weighted by atomic mass is 16.5. The van der Waals surface area contributed by atoms with Crippen molar-refractivity contribution >= 4 is 29.7 Å². The number of carbonyl (C=O) groups excluding carboxylic acids is 3. The summed E-state index contributed by atoms with van der Waals surface area (Å²) >= 11 is 0. The van der Waals surface area contributed by atoms with Gasteiger partial charge in [0.2, 0.25) is 11.8 Å². The van der Waals surface area contributed by atoms with Gasteiger partial charge in [0, 0.05) is 18.5 Å². The SMILES string of the molecule is CCC(C)(C)c1ccc(OCC(=O)N[C@@H](Cc2ccccc2)C(=O)N[C@@H](CCCN=C(N)N)C(=O)NCC(=O)O)c(C(C)(C)CC)c1. The van der Waals surface area contributed by atoms with E-state index in [-0.39, 0.29) is 42.8 Å². The lowest BCUT2D eigenvalue weighted by molar-refractivity contribution is -0.138. The zero-order valence-electron chi connectivity index (χ0n) is 28.5. The first-order valence-corrected chi connectivity index (χ1v) is 16.1. The number of nitrogens with zero attached hydrogens (tertiary/aromatic N) is 1. The summed E-state index contributed by atoms with van der Waals surface area (Å²) in [6.45, 7) is 12.2. The number of carbonyl (C=O) groups is 4. The number of amides is 3. The molecular weight excluding hydrogens is 600 g/mol. The molecule has 0 saturated heterocycles. The minimum absolute atomic E-state index is 0.0279. The zero-order valence-corrected chi connectivity index (χ0v) is 28.5. The van der Waals surface area contributed by atoms with Gasteiger partial charge in [0.1, 0.15) is 24.4 Å². The van der Waals surface area contributed by atoms with Crippen LogP contribution in [-0.4, -0.2) is 66.5 Å².